The first-order chi connectivity index (χ1) is 9.07. The molecule has 1 aliphatic heterocycles. The minimum Gasteiger partial charge on any atom is -0.428 e. The number of fused-ring (bicyclic) bond motifs is 1. The van der Waals surface area contributed by atoms with Gasteiger partial charge in [-0.1, -0.05) is 6.07 Å². The highest BCUT2D eigenvalue weighted by atomic mass is 19.4. The molecule has 112 valence electrons. The molecule has 0 saturated carbocycles. The SMILES string of the molecule is Cc1ccc2c(c1)OC(OC(C(F)(F)F)C(F)(F)F)O2. The third-order valence-electron chi connectivity index (χ3n) is 2.39. The molecule has 0 fully saturated rings. The van der Waals surface area contributed by atoms with E-state index in [1.54, 1.807) is 13.0 Å². The van der Waals surface area contributed by atoms with Gasteiger partial charge in [-0.05, 0) is 24.6 Å². The molecular weight excluding hydrogens is 294 g/mol. The second-order valence-electron chi connectivity index (χ2n) is 4.07. The van der Waals surface area contributed by atoms with E-state index in [0.717, 1.165) is 0 Å². The summed E-state index contributed by atoms with van der Waals surface area (Å²) in [6, 6.07) is 4.34. The lowest BCUT2D eigenvalue weighted by molar-refractivity contribution is -0.364. The van der Waals surface area contributed by atoms with Gasteiger partial charge < -0.3 is 9.47 Å². The van der Waals surface area contributed by atoms with Crippen LogP contribution >= 0.6 is 0 Å². The summed E-state index contributed by atoms with van der Waals surface area (Å²) in [6.07, 6.45) is -15.2. The second kappa shape index (κ2) is 4.72. The van der Waals surface area contributed by atoms with Crippen molar-refractivity contribution in [1.29, 1.82) is 0 Å². The maximum absolute atomic E-state index is 12.3. The summed E-state index contributed by atoms with van der Waals surface area (Å²) in [6.45, 7) is -0.425. The molecule has 0 N–H and O–H groups in total. The number of aryl methyl sites for hydroxylation is 1. The van der Waals surface area contributed by atoms with Crippen LogP contribution in [0, 0.1) is 6.92 Å². The molecule has 1 aromatic rings. The molecule has 0 saturated heterocycles. The van der Waals surface area contributed by atoms with Crippen LogP contribution in [0.25, 0.3) is 0 Å². The summed E-state index contributed by atoms with van der Waals surface area (Å²) in [4.78, 5) is 0. The Morgan fingerprint density at radius 3 is 2.10 bits per heavy atom. The molecule has 1 unspecified atom stereocenters. The first kappa shape index (κ1) is 14.8. The van der Waals surface area contributed by atoms with Gasteiger partial charge in [0.05, 0.1) is 0 Å². The maximum Gasteiger partial charge on any atom is 0.423 e. The van der Waals surface area contributed by atoms with Crippen molar-refractivity contribution >= 4 is 0 Å². The number of halogens is 6. The average molecular weight is 302 g/mol. The van der Waals surface area contributed by atoms with Gasteiger partial charge in [0.2, 0.25) is 0 Å². The van der Waals surface area contributed by atoms with Crippen molar-refractivity contribution in [3.8, 4) is 11.5 Å². The van der Waals surface area contributed by atoms with Gasteiger partial charge in [0.15, 0.2) is 11.5 Å². The third kappa shape index (κ3) is 3.09. The molecule has 3 nitrogen and oxygen atoms in total. The summed E-state index contributed by atoms with van der Waals surface area (Å²) in [5.41, 5.74) is 0.705. The van der Waals surface area contributed by atoms with E-state index < -0.39 is 24.9 Å². The Kier molecular flexibility index (Phi) is 3.49. The molecular formula is C11H8F6O3. The first-order valence-electron chi connectivity index (χ1n) is 5.30. The van der Waals surface area contributed by atoms with Crippen molar-refractivity contribution in [2.75, 3.05) is 0 Å². The Hall–Kier alpha value is -1.64. The van der Waals surface area contributed by atoms with E-state index in [9.17, 15) is 26.3 Å². The second-order valence-corrected chi connectivity index (χ2v) is 4.07. The van der Waals surface area contributed by atoms with Crippen LogP contribution in [0.4, 0.5) is 26.3 Å². The standard InChI is InChI=1S/C11H8F6O3/c1-5-2-3-6-7(4-5)19-9(18-6)20-8(10(12,13)14)11(15,16)17/h2-4,8-9H,1H3. The van der Waals surface area contributed by atoms with E-state index in [1.807, 2.05) is 0 Å². The van der Waals surface area contributed by atoms with Crippen molar-refractivity contribution in [3.05, 3.63) is 23.8 Å². The zero-order valence-electron chi connectivity index (χ0n) is 9.88. The minimum atomic E-state index is -5.62. The van der Waals surface area contributed by atoms with E-state index in [4.69, 9.17) is 9.47 Å². The predicted molar refractivity (Wildman–Crippen MR) is 53.2 cm³/mol. The number of benzene rings is 1. The lowest BCUT2D eigenvalue weighted by Gasteiger charge is -2.24. The summed E-state index contributed by atoms with van der Waals surface area (Å²) in [7, 11) is 0. The van der Waals surface area contributed by atoms with Crippen molar-refractivity contribution in [1.82, 2.24) is 0 Å². The van der Waals surface area contributed by atoms with Crippen LogP contribution < -0.4 is 9.47 Å². The normalized spacial score (nSPS) is 18.7. The molecule has 20 heavy (non-hydrogen) atoms. The highest BCUT2D eigenvalue weighted by molar-refractivity contribution is 5.44. The molecule has 1 atom stereocenters. The summed E-state index contributed by atoms with van der Waals surface area (Å²) >= 11 is 0. The van der Waals surface area contributed by atoms with Gasteiger partial charge in [0.25, 0.3) is 6.10 Å². The molecule has 0 radical (unpaired) electrons. The van der Waals surface area contributed by atoms with Gasteiger partial charge in [-0.25, -0.2) is 0 Å². The smallest absolute Gasteiger partial charge is 0.423 e. The van der Waals surface area contributed by atoms with Crippen LogP contribution in [0.3, 0.4) is 0 Å². The van der Waals surface area contributed by atoms with Gasteiger partial charge in [0.1, 0.15) is 0 Å². The Balaban J connectivity index is 2.12. The van der Waals surface area contributed by atoms with Crippen molar-refractivity contribution in [3.63, 3.8) is 0 Å². The summed E-state index contributed by atoms with van der Waals surface area (Å²) < 4.78 is 87.2. The Morgan fingerprint density at radius 2 is 1.55 bits per heavy atom. The predicted octanol–water partition coefficient (Wildman–Crippen LogP) is 3.56. The largest absolute Gasteiger partial charge is 0.428 e. The van der Waals surface area contributed by atoms with Crippen LogP contribution in [0.15, 0.2) is 18.2 Å². The zero-order chi connectivity index (χ0) is 15.1. The minimum absolute atomic E-state index is 0.0173. The van der Waals surface area contributed by atoms with Gasteiger partial charge in [-0.3, -0.25) is 4.74 Å². The summed E-state index contributed by atoms with van der Waals surface area (Å²) in [5.74, 6) is 0.0433. The van der Waals surface area contributed by atoms with E-state index in [0.29, 0.717) is 5.56 Å². The molecule has 0 aliphatic carbocycles. The van der Waals surface area contributed by atoms with Crippen LogP contribution in [0.5, 0.6) is 11.5 Å². The van der Waals surface area contributed by atoms with E-state index >= 15 is 0 Å². The Bertz CT molecular complexity index is 482. The molecule has 1 aromatic carbocycles. The maximum atomic E-state index is 12.3. The fourth-order valence-corrected chi connectivity index (χ4v) is 1.54. The van der Waals surface area contributed by atoms with E-state index in [2.05, 4.69) is 4.74 Å². The van der Waals surface area contributed by atoms with Crippen molar-refractivity contribution < 1.29 is 40.6 Å². The van der Waals surface area contributed by atoms with E-state index in [-0.39, 0.29) is 11.5 Å². The van der Waals surface area contributed by atoms with Gasteiger partial charge in [-0.2, -0.15) is 26.3 Å². The van der Waals surface area contributed by atoms with Crippen molar-refractivity contribution in [2.45, 2.75) is 31.9 Å². The Morgan fingerprint density at radius 1 is 1.00 bits per heavy atom. The van der Waals surface area contributed by atoms with E-state index in [1.165, 1.54) is 12.1 Å². The lowest BCUT2D eigenvalue weighted by Crippen LogP contribution is -2.47. The number of hydrogen-bond donors (Lipinski definition) is 0. The summed E-state index contributed by atoms with van der Waals surface area (Å²) in [5, 5.41) is 0. The highest BCUT2D eigenvalue weighted by Gasteiger charge is 2.59. The van der Waals surface area contributed by atoms with Crippen LogP contribution in [0.1, 0.15) is 5.56 Å². The topological polar surface area (TPSA) is 27.7 Å². The molecule has 0 spiro atoms. The molecule has 1 heterocycles. The molecule has 1 aliphatic rings. The molecule has 2 rings (SSSR count). The lowest BCUT2D eigenvalue weighted by atomic mass is 10.2. The fourth-order valence-electron chi connectivity index (χ4n) is 1.54. The third-order valence-corrected chi connectivity index (χ3v) is 2.39. The average Bonchev–Trinajstić information content (AvgIpc) is 2.64. The van der Waals surface area contributed by atoms with Gasteiger partial charge >= 0.3 is 18.8 Å². The number of hydrogen-bond acceptors (Lipinski definition) is 3. The fraction of sp³-hybridized carbons (Fsp3) is 0.455. The monoisotopic (exact) mass is 302 g/mol. The zero-order valence-corrected chi connectivity index (χ0v) is 9.88. The molecule has 0 bridgehead atoms. The quantitative estimate of drug-likeness (QED) is 0.782. The number of ether oxygens (including phenoxy) is 3. The molecule has 9 heteroatoms. The number of alkyl halides is 6. The van der Waals surface area contributed by atoms with Crippen LogP contribution in [-0.4, -0.2) is 24.9 Å². The van der Waals surface area contributed by atoms with Gasteiger partial charge in [0, 0.05) is 0 Å². The number of rotatable bonds is 2. The molecule has 0 aromatic heterocycles. The highest BCUT2D eigenvalue weighted by Crippen LogP contribution is 2.40. The molecule has 0 amide bonds. The van der Waals surface area contributed by atoms with Crippen LogP contribution in [0.2, 0.25) is 0 Å². The van der Waals surface area contributed by atoms with Gasteiger partial charge in [-0.15, -0.1) is 0 Å². The van der Waals surface area contributed by atoms with Crippen molar-refractivity contribution in [2.24, 2.45) is 0 Å². The Labute approximate surface area is 109 Å². The van der Waals surface area contributed by atoms with Crippen LogP contribution in [-0.2, 0) is 4.74 Å². The first-order valence-corrected chi connectivity index (χ1v) is 5.30.